The van der Waals surface area contributed by atoms with Crippen molar-refractivity contribution in [2.45, 2.75) is 12.5 Å². The summed E-state index contributed by atoms with van der Waals surface area (Å²) in [4.78, 5) is 13.6. The smallest absolute Gasteiger partial charge is 0.228 e. The highest BCUT2D eigenvalue weighted by atomic mass is 16.3. The van der Waals surface area contributed by atoms with Crippen molar-refractivity contribution in [2.24, 2.45) is 0 Å². The van der Waals surface area contributed by atoms with Crippen molar-refractivity contribution in [3.05, 3.63) is 29.3 Å². The molecule has 2 aliphatic heterocycles. The molecule has 5 nitrogen and oxygen atoms in total. The van der Waals surface area contributed by atoms with Crippen LogP contribution in [0.5, 0.6) is 0 Å². The molecule has 19 heavy (non-hydrogen) atoms. The Morgan fingerprint density at radius 2 is 2.11 bits per heavy atom. The van der Waals surface area contributed by atoms with Gasteiger partial charge in [-0.2, -0.15) is 0 Å². The maximum atomic E-state index is 11.3. The molecule has 2 aliphatic rings. The number of fused-ring (bicyclic) bond motifs is 1. The van der Waals surface area contributed by atoms with Crippen LogP contribution in [0.15, 0.2) is 18.2 Å². The molecule has 1 aromatic rings. The fourth-order valence-electron chi connectivity index (χ4n) is 2.70. The number of nitrogens with one attached hydrogen (secondary N) is 2. The maximum Gasteiger partial charge on any atom is 0.228 e. The lowest BCUT2D eigenvalue weighted by Crippen LogP contribution is -2.44. The van der Waals surface area contributed by atoms with Crippen molar-refractivity contribution >= 4 is 11.6 Å². The van der Waals surface area contributed by atoms with Crippen molar-refractivity contribution in [1.29, 1.82) is 0 Å². The molecule has 0 bridgehead atoms. The van der Waals surface area contributed by atoms with Crippen LogP contribution in [0.4, 0.5) is 5.69 Å². The number of aliphatic hydroxyl groups excluding tert-OH is 1. The van der Waals surface area contributed by atoms with Gasteiger partial charge in [0.25, 0.3) is 0 Å². The number of hydrogen-bond donors (Lipinski definition) is 3. The lowest BCUT2D eigenvalue weighted by Gasteiger charge is -2.29. The summed E-state index contributed by atoms with van der Waals surface area (Å²) < 4.78 is 0. The Kier molecular flexibility index (Phi) is 3.50. The summed E-state index contributed by atoms with van der Waals surface area (Å²) in [6.07, 6.45) is -0.0668. The van der Waals surface area contributed by atoms with Gasteiger partial charge in [0.05, 0.1) is 12.5 Å². The quantitative estimate of drug-likeness (QED) is 0.723. The lowest BCUT2D eigenvalue weighted by molar-refractivity contribution is -0.115. The van der Waals surface area contributed by atoms with Gasteiger partial charge in [-0.05, 0) is 17.2 Å². The van der Waals surface area contributed by atoms with E-state index in [1.165, 1.54) is 0 Å². The van der Waals surface area contributed by atoms with E-state index >= 15 is 0 Å². The van der Waals surface area contributed by atoms with Gasteiger partial charge < -0.3 is 15.7 Å². The second-order valence-electron chi connectivity index (χ2n) is 5.21. The number of carbonyl (C=O) groups is 1. The van der Waals surface area contributed by atoms with Crippen molar-refractivity contribution in [1.82, 2.24) is 10.2 Å². The predicted molar refractivity (Wildman–Crippen MR) is 73.0 cm³/mol. The normalized spacial score (nSPS) is 21.0. The van der Waals surface area contributed by atoms with Gasteiger partial charge in [-0.25, -0.2) is 0 Å². The minimum atomic E-state index is -0.487. The van der Waals surface area contributed by atoms with Crippen LogP contribution in [0.25, 0.3) is 0 Å². The molecule has 2 heterocycles. The van der Waals surface area contributed by atoms with Crippen LogP contribution < -0.4 is 10.6 Å². The number of β-amino-alcohol motifs (C(OH)–C–C–N with tert-alkyl or cyclic N) is 1. The Labute approximate surface area is 112 Å². The van der Waals surface area contributed by atoms with Gasteiger partial charge in [-0.3, -0.25) is 9.69 Å². The Morgan fingerprint density at radius 3 is 2.89 bits per heavy atom. The van der Waals surface area contributed by atoms with Crippen LogP contribution in [0.3, 0.4) is 0 Å². The van der Waals surface area contributed by atoms with Gasteiger partial charge in [0.1, 0.15) is 0 Å². The van der Waals surface area contributed by atoms with Gasteiger partial charge in [0, 0.05) is 38.4 Å². The molecule has 1 amide bonds. The van der Waals surface area contributed by atoms with Crippen LogP contribution in [0, 0.1) is 0 Å². The molecule has 3 rings (SSSR count). The molecule has 1 saturated heterocycles. The largest absolute Gasteiger partial charge is 0.387 e. The molecule has 0 aromatic heterocycles. The number of rotatable bonds is 3. The highest BCUT2D eigenvalue weighted by molar-refractivity contribution is 5.99. The minimum Gasteiger partial charge on any atom is -0.387 e. The molecule has 1 aromatic carbocycles. The van der Waals surface area contributed by atoms with E-state index in [-0.39, 0.29) is 5.91 Å². The molecule has 3 N–H and O–H groups in total. The van der Waals surface area contributed by atoms with E-state index in [0.717, 1.165) is 43.0 Å². The lowest BCUT2D eigenvalue weighted by atomic mass is 10.0. The van der Waals surface area contributed by atoms with Crippen molar-refractivity contribution in [3.63, 3.8) is 0 Å². The van der Waals surface area contributed by atoms with Gasteiger partial charge in [0.15, 0.2) is 0 Å². The number of nitrogens with zero attached hydrogens (tertiary/aromatic N) is 1. The molecule has 0 aliphatic carbocycles. The van der Waals surface area contributed by atoms with Crippen LogP contribution in [-0.4, -0.2) is 48.6 Å². The zero-order chi connectivity index (χ0) is 13.2. The first-order valence-corrected chi connectivity index (χ1v) is 6.76. The first-order valence-electron chi connectivity index (χ1n) is 6.76. The molecule has 5 heteroatoms. The summed E-state index contributed by atoms with van der Waals surface area (Å²) in [5.41, 5.74) is 2.76. The summed E-state index contributed by atoms with van der Waals surface area (Å²) in [5, 5.41) is 16.4. The average molecular weight is 261 g/mol. The number of amides is 1. The molecular weight excluding hydrogens is 242 g/mol. The molecule has 0 saturated carbocycles. The van der Waals surface area contributed by atoms with Crippen molar-refractivity contribution in [3.8, 4) is 0 Å². The first-order chi connectivity index (χ1) is 9.22. The van der Waals surface area contributed by atoms with Gasteiger partial charge in [-0.1, -0.05) is 12.1 Å². The Morgan fingerprint density at radius 1 is 1.32 bits per heavy atom. The molecule has 1 atom stereocenters. The third-order valence-corrected chi connectivity index (χ3v) is 3.78. The van der Waals surface area contributed by atoms with Gasteiger partial charge in [0.2, 0.25) is 5.91 Å². The fourth-order valence-corrected chi connectivity index (χ4v) is 2.70. The molecule has 0 radical (unpaired) electrons. The van der Waals surface area contributed by atoms with Gasteiger partial charge >= 0.3 is 0 Å². The zero-order valence-electron chi connectivity index (χ0n) is 10.9. The number of anilines is 1. The number of piperazine rings is 1. The van der Waals surface area contributed by atoms with E-state index < -0.39 is 6.10 Å². The van der Waals surface area contributed by atoms with Crippen LogP contribution in [0.2, 0.25) is 0 Å². The number of aliphatic hydroxyl groups is 1. The van der Waals surface area contributed by atoms with E-state index in [0.29, 0.717) is 13.0 Å². The second kappa shape index (κ2) is 5.28. The average Bonchev–Trinajstić information content (AvgIpc) is 2.78. The van der Waals surface area contributed by atoms with E-state index in [1.807, 2.05) is 18.2 Å². The Bertz CT molecular complexity index is 484. The fraction of sp³-hybridized carbons (Fsp3) is 0.500. The highest BCUT2D eigenvalue weighted by Gasteiger charge is 2.20. The topological polar surface area (TPSA) is 64.6 Å². The number of hydrogen-bond acceptors (Lipinski definition) is 4. The molecule has 102 valence electrons. The molecule has 0 spiro atoms. The molecule has 1 unspecified atom stereocenters. The summed E-state index contributed by atoms with van der Waals surface area (Å²) in [7, 11) is 0. The Hall–Kier alpha value is -1.43. The van der Waals surface area contributed by atoms with Gasteiger partial charge in [-0.15, -0.1) is 0 Å². The third kappa shape index (κ3) is 2.78. The monoisotopic (exact) mass is 261 g/mol. The van der Waals surface area contributed by atoms with Crippen molar-refractivity contribution in [2.75, 3.05) is 38.0 Å². The highest BCUT2D eigenvalue weighted by Crippen LogP contribution is 2.26. The van der Waals surface area contributed by atoms with E-state index in [1.54, 1.807) is 0 Å². The summed E-state index contributed by atoms with van der Waals surface area (Å²) >= 11 is 0. The van der Waals surface area contributed by atoms with Crippen molar-refractivity contribution < 1.29 is 9.90 Å². The number of carbonyl (C=O) groups excluding carboxylic acids is 1. The molecule has 1 fully saturated rings. The van der Waals surface area contributed by atoms with Crippen LogP contribution in [-0.2, 0) is 11.2 Å². The predicted octanol–water partition coefficient (Wildman–Crippen LogP) is 0.120. The summed E-state index contributed by atoms with van der Waals surface area (Å²) in [6.45, 7) is 4.57. The SMILES string of the molecule is O=C1Cc2cc(C(O)CN3CCNCC3)ccc2N1. The summed E-state index contributed by atoms with van der Waals surface area (Å²) in [5.74, 6) is 0.0312. The molecular formula is C14H19N3O2. The number of benzene rings is 1. The Balaban J connectivity index is 1.68. The van der Waals surface area contributed by atoms with E-state index in [9.17, 15) is 9.90 Å². The van der Waals surface area contributed by atoms with Crippen LogP contribution in [0.1, 0.15) is 17.2 Å². The first kappa shape index (κ1) is 12.6. The zero-order valence-corrected chi connectivity index (χ0v) is 10.9. The summed E-state index contributed by atoms with van der Waals surface area (Å²) in [6, 6.07) is 5.73. The van der Waals surface area contributed by atoms with Crippen LogP contribution >= 0.6 is 0 Å². The standard InChI is InChI=1S/C14H19N3O2/c18-13(9-17-5-3-15-4-6-17)10-1-2-12-11(7-10)8-14(19)16-12/h1-2,7,13,15,18H,3-6,8-9H2,(H,16,19). The van der Waals surface area contributed by atoms with E-state index in [2.05, 4.69) is 15.5 Å². The minimum absolute atomic E-state index is 0.0312. The van der Waals surface area contributed by atoms with E-state index in [4.69, 9.17) is 0 Å². The third-order valence-electron chi connectivity index (χ3n) is 3.78. The second-order valence-corrected chi connectivity index (χ2v) is 5.21. The maximum absolute atomic E-state index is 11.3.